The van der Waals surface area contributed by atoms with Gasteiger partial charge in [0.15, 0.2) is 6.10 Å². The molecule has 0 aliphatic carbocycles. The highest BCUT2D eigenvalue weighted by Gasteiger charge is 2.57. The summed E-state index contributed by atoms with van der Waals surface area (Å²) in [5.74, 6) is -0.425. The summed E-state index contributed by atoms with van der Waals surface area (Å²) in [6, 6.07) is 0. The minimum absolute atomic E-state index is 0.0807. The molecule has 0 N–H and O–H groups in total. The number of phosphoric ester groups is 1. The molecule has 0 saturated carbocycles. The number of unbranched alkanes of at least 4 members (excludes halogenated alkanes) is 15. The van der Waals surface area contributed by atoms with Crippen LogP contribution in [0.4, 0.5) is 0 Å². The molecule has 2 heterocycles. The second kappa shape index (κ2) is 18.8. The Hall–Kier alpha value is -0.500. The molecule has 2 aliphatic rings. The molecular weight excluding hydrogens is 505 g/mol. The molecule has 8 nitrogen and oxygen atoms in total. The Labute approximate surface area is 232 Å². The van der Waals surface area contributed by atoms with Crippen molar-refractivity contribution in [1.29, 1.82) is 0 Å². The molecule has 38 heavy (non-hydrogen) atoms. The maximum absolute atomic E-state index is 12.9. The molecule has 0 aromatic carbocycles. The topological polar surface area (TPSA) is 80.3 Å². The lowest BCUT2D eigenvalue weighted by atomic mass is 10.0. The second-order valence-electron chi connectivity index (χ2n) is 11.8. The average Bonchev–Trinajstić information content (AvgIpc) is 3.35. The second-order valence-corrected chi connectivity index (χ2v) is 13.4. The maximum Gasteiger partial charge on any atom is 0.480 e. The van der Waals surface area contributed by atoms with Gasteiger partial charge in [-0.25, -0.2) is 9.09 Å². The smallest absolute Gasteiger partial charge is 0.458 e. The average molecular weight is 563 g/mol. The lowest BCUT2D eigenvalue weighted by molar-refractivity contribution is -0.920. The minimum atomic E-state index is -3.67. The minimum Gasteiger partial charge on any atom is -0.458 e. The number of likely N-dealkylation sites (tertiary alicyclic amines) is 1. The van der Waals surface area contributed by atoms with Crippen LogP contribution in [-0.2, 0) is 32.4 Å². The summed E-state index contributed by atoms with van der Waals surface area (Å²) < 4.78 is 41.3. The monoisotopic (exact) mass is 562 g/mol. The first-order valence-electron chi connectivity index (χ1n) is 15.4. The van der Waals surface area contributed by atoms with Gasteiger partial charge in [-0.15, -0.1) is 0 Å². The van der Waals surface area contributed by atoms with Gasteiger partial charge in [0.25, 0.3) is 0 Å². The van der Waals surface area contributed by atoms with Crippen LogP contribution in [0.25, 0.3) is 0 Å². The van der Waals surface area contributed by atoms with E-state index < -0.39 is 19.9 Å². The van der Waals surface area contributed by atoms with Gasteiger partial charge in [0, 0.05) is 20.0 Å². The molecule has 0 aromatic heterocycles. The summed E-state index contributed by atoms with van der Waals surface area (Å²) in [4.78, 5) is 11.5. The highest BCUT2D eigenvalue weighted by Crippen LogP contribution is 2.60. The molecule has 2 fully saturated rings. The van der Waals surface area contributed by atoms with Crippen LogP contribution in [0.2, 0.25) is 0 Å². The Kier molecular flexibility index (Phi) is 16.7. The van der Waals surface area contributed by atoms with E-state index in [1.807, 2.05) is 14.1 Å². The number of carbonyl (C=O) groups is 1. The van der Waals surface area contributed by atoms with Crippen molar-refractivity contribution in [1.82, 2.24) is 0 Å². The number of hydrogen-bond donors (Lipinski definition) is 0. The Balaban J connectivity index is 1.43. The number of esters is 1. The van der Waals surface area contributed by atoms with Gasteiger partial charge in [-0.3, -0.25) is 13.8 Å². The molecule has 2 rings (SSSR count). The third kappa shape index (κ3) is 13.7. The van der Waals surface area contributed by atoms with Crippen LogP contribution in [0.5, 0.6) is 0 Å². The maximum atomic E-state index is 12.9. The molecule has 2 aliphatic heterocycles. The van der Waals surface area contributed by atoms with Crippen LogP contribution in [0.1, 0.15) is 123 Å². The Bertz CT molecular complexity index is 690. The van der Waals surface area contributed by atoms with Crippen LogP contribution in [0.3, 0.4) is 0 Å². The molecule has 0 aromatic rings. The van der Waals surface area contributed by atoms with E-state index in [-0.39, 0.29) is 25.5 Å². The summed E-state index contributed by atoms with van der Waals surface area (Å²) in [6.45, 7) is 5.25. The van der Waals surface area contributed by atoms with Crippen LogP contribution in [-0.4, -0.2) is 69.3 Å². The number of likely N-dealkylation sites (N-methyl/N-ethyl adjacent to an activating group) is 1. The Morgan fingerprint density at radius 3 is 1.87 bits per heavy atom. The number of hydrogen-bond acceptors (Lipinski definition) is 7. The first-order valence-corrected chi connectivity index (χ1v) is 16.9. The molecule has 4 unspecified atom stereocenters. The largest absolute Gasteiger partial charge is 0.480 e. The summed E-state index contributed by atoms with van der Waals surface area (Å²) in [6.07, 6.45) is 20.9. The molecule has 0 bridgehead atoms. The zero-order chi connectivity index (χ0) is 27.7. The number of phosphoric acid groups is 1. The first kappa shape index (κ1) is 33.7. The third-order valence-corrected chi connectivity index (χ3v) is 9.16. The number of ether oxygens (including phenoxy) is 2. The number of nitrogens with zero attached hydrogens (tertiary/aromatic N) is 1. The zero-order valence-corrected chi connectivity index (χ0v) is 25.7. The lowest BCUT2D eigenvalue weighted by Crippen LogP contribution is -2.46. The van der Waals surface area contributed by atoms with Gasteiger partial charge in [-0.1, -0.05) is 103 Å². The van der Waals surface area contributed by atoms with Crippen LogP contribution in [0.15, 0.2) is 0 Å². The molecule has 2 saturated heterocycles. The predicted molar refractivity (Wildman–Crippen MR) is 151 cm³/mol. The van der Waals surface area contributed by atoms with Crippen LogP contribution in [0, 0.1) is 0 Å². The molecule has 224 valence electrons. The van der Waals surface area contributed by atoms with Crippen molar-refractivity contribution in [2.75, 3.05) is 40.5 Å². The van der Waals surface area contributed by atoms with Crippen molar-refractivity contribution in [3.05, 3.63) is 0 Å². The van der Waals surface area contributed by atoms with Gasteiger partial charge >= 0.3 is 13.8 Å². The van der Waals surface area contributed by atoms with E-state index in [0.29, 0.717) is 11.1 Å². The number of rotatable bonds is 23. The van der Waals surface area contributed by atoms with Crippen LogP contribution < -0.4 is 0 Å². The van der Waals surface area contributed by atoms with Crippen molar-refractivity contribution in [3.8, 4) is 0 Å². The molecule has 4 atom stereocenters. The zero-order valence-electron chi connectivity index (χ0n) is 24.8. The van der Waals surface area contributed by atoms with E-state index in [4.69, 9.17) is 23.0 Å². The third-order valence-electron chi connectivity index (χ3n) is 7.70. The van der Waals surface area contributed by atoms with E-state index in [0.717, 1.165) is 25.8 Å². The van der Waals surface area contributed by atoms with E-state index in [2.05, 4.69) is 6.92 Å². The van der Waals surface area contributed by atoms with Crippen LogP contribution >= 0.6 is 7.82 Å². The highest BCUT2D eigenvalue weighted by molar-refractivity contribution is 7.48. The molecular formula is C29H57NO7P+. The standard InChI is InChI=1S/C29H57NO7P/c1-5-6-7-8-9-10-11-12-13-14-15-16-17-18-19-20-23-33-24-27(35-26(2)31)25-34-38(32)36-28-21-22-30(3,4)29(28)37-38/h27-29H,5-25H2,1-4H3/q+1. The van der Waals surface area contributed by atoms with E-state index in [1.54, 1.807) is 0 Å². The lowest BCUT2D eigenvalue weighted by Gasteiger charge is -2.28. The normalized spacial score (nSPS) is 24.9. The SMILES string of the molecule is CCCCCCCCCCCCCCCCCCOCC(COP1(=O)OC2CC[N+](C)(C)C2O1)OC(C)=O. The van der Waals surface area contributed by atoms with Gasteiger partial charge < -0.3 is 14.0 Å². The van der Waals surface area contributed by atoms with E-state index in [9.17, 15) is 9.36 Å². The molecule has 0 radical (unpaired) electrons. The fraction of sp³-hybridized carbons (Fsp3) is 0.966. The first-order chi connectivity index (χ1) is 18.3. The number of carbonyl (C=O) groups excluding carboxylic acids is 1. The Morgan fingerprint density at radius 1 is 0.842 bits per heavy atom. The van der Waals surface area contributed by atoms with Gasteiger partial charge in [0.1, 0.15) is 6.10 Å². The quantitative estimate of drug-likeness (QED) is 0.0551. The van der Waals surface area contributed by atoms with Gasteiger partial charge in [0.2, 0.25) is 6.23 Å². The number of fused-ring (bicyclic) bond motifs is 1. The van der Waals surface area contributed by atoms with Crippen molar-refractivity contribution in [2.45, 2.75) is 141 Å². The van der Waals surface area contributed by atoms with Gasteiger partial charge in [-0.05, 0) is 6.42 Å². The molecule has 0 amide bonds. The summed E-state index contributed by atoms with van der Waals surface area (Å²) in [7, 11) is 0.386. The van der Waals surface area contributed by atoms with E-state index >= 15 is 0 Å². The summed E-state index contributed by atoms with van der Waals surface area (Å²) in [5, 5.41) is 0. The predicted octanol–water partition coefficient (Wildman–Crippen LogP) is 7.54. The summed E-state index contributed by atoms with van der Waals surface area (Å²) in [5.41, 5.74) is 0. The fourth-order valence-corrected chi connectivity index (χ4v) is 7.07. The number of quaternary nitrogens is 1. The summed E-state index contributed by atoms with van der Waals surface area (Å²) >= 11 is 0. The van der Waals surface area contributed by atoms with Gasteiger partial charge in [0.05, 0.1) is 33.9 Å². The highest BCUT2D eigenvalue weighted by atomic mass is 31.2. The molecule has 0 spiro atoms. The van der Waals surface area contributed by atoms with E-state index in [1.165, 1.54) is 96.8 Å². The molecule has 9 heteroatoms. The van der Waals surface area contributed by atoms with Crippen molar-refractivity contribution < 1.29 is 36.9 Å². The Morgan fingerprint density at radius 2 is 1.37 bits per heavy atom. The van der Waals surface area contributed by atoms with Crippen molar-refractivity contribution in [2.24, 2.45) is 0 Å². The van der Waals surface area contributed by atoms with Crippen molar-refractivity contribution >= 4 is 13.8 Å². The van der Waals surface area contributed by atoms with Gasteiger partial charge in [-0.2, -0.15) is 0 Å². The van der Waals surface area contributed by atoms with Crippen molar-refractivity contribution in [3.63, 3.8) is 0 Å². The fourth-order valence-electron chi connectivity index (χ4n) is 5.36.